The highest BCUT2D eigenvalue weighted by molar-refractivity contribution is 14.1. The second-order valence-corrected chi connectivity index (χ2v) is 7.20. The van der Waals surface area contributed by atoms with E-state index in [9.17, 15) is 9.18 Å². The molecule has 1 N–H and O–H groups in total. The second kappa shape index (κ2) is 6.29. The van der Waals surface area contributed by atoms with Gasteiger partial charge in [0.25, 0.3) is 0 Å². The number of rotatable bonds is 4. The number of hydrogen-bond donors (Lipinski definition) is 1. The Balaban J connectivity index is 1.94. The number of aromatic nitrogens is 2. The molecule has 1 aliphatic rings. The zero-order valence-corrected chi connectivity index (χ0v) is 15.6. The smallest absolute Gasteiger partial charge is 0.356 e. The normalized spacial score (nSPS) is 13.9. The summed E-state index contributed by atoms with van der Waals surface area (Å²) in [5.41, 5.74) is 2.14. The number of nitrogens with one attached hydrogen (secondary N) is 1. The molecule has 0 amide bonds. The van der Waals surface area contributed by atoms with Gasteiger partial charge in [-0.05, 0) is 59.7 Å². The third-order valence-corrected chi connectivity index (χ3v) is 4.96. The van der Waals surface area contributed by atoms with E-state index in [4.69, 9.17) is 4.74 Å². The largest absolute Gasteiger partial charge is 0.464 e. The molecule has 0 unspecified atom stereocenters. The van der Waals surface area contributed by atoms with Crippen LogP contribution >= 0.6 is 22.6 Å². The van der Waals surface area contributed by atoms with Crippen LogP contribution in [0.3, 0.4) is 0 Å². The Morgan fingerprint density at radius 2 is 2.20 bits per heavy atom. The van der Waals surface area contributed by atoms with Gasteiger partial charge in [-0.25, -0.2) is 9.18 Å². The highest BCUT2D eigenvalue weighted by atomic mass is 127. The van der Waals surface area contributed by atoms with Crippen molar-refractivity contribution in [2.45, 2.75) is 18.9 Å². The molecule has 1 aliphatic carbocycles. The average molecular weight is 451 g/mol. The maximum atomic E-state index is 14.3. The number of carbonyl (C=O) groups is 1. The molecule has 1 fully saturated rings. The van der Waals surface area contributed by atoms with Crippen molar-refractivity contribution in [1.29, 1.82) is 0 Å². The van der Waals surface area contributed by atoms with Crippen LogP contribution in [-0.4, -0.2) is 22.6 Å². The summed E-state index contributed by atoms with van der Waals surface area (Å²) >= 11 is 2.06. The van der Waals surface area contributed by atoms with Gasteiger partial charge in [0.05, 0.1) is 24.0 Å². The Bertz CT molecular complexity index is 982. The molecule has 0 saturated heterocycles. The van der Waals surface area contributed by atoms with Gasteiger partial charge in [-0.2, -0.15) is 0 Å². The zero-order valence-electron chi connectivity index (χ0n) is 13.4. The number of esters is 1. The molecule has 5 nitrogen and oxygen atoms in total. The quantitative estimate of drug-likeness (QED) is 0.464. The molecular weight excluding hydrogens is 436 g/mol. The second-order valence-electron chi connectivity index (χ2n) is 5.96. The standard InChI is InChI=1S/C18H15FIN3O2/c1-25-18(24)17-16(22-14-5-2-10(20)8-13(14)19)12-9-21-7-6-15(12)23(17)11-3-4-11/h2,5-9,11,22H,3-4H2,1H3. The summed E-state index contributed by atoms with van der Waals surface area (Å²) in [6.07, 6.45) is 5.39. The molecule has 2 heterocycles. The topological polar surface area (TPSA) is 56.1 Å². The first-order valence-corrected chi connectivity index (χ1v) is 8.96. The summed E-state index contributed by atoms with van der Waals surface area (Å²) < 4.78 is 22.1. The van der Waals surface area contributed by atoms with E-state index in [-0.39, 0.29) is 11.9 Å². The summed E-state index contributed by atoms with van der Waals surface area (Å²) in [5.74, 6) is -0.824. The van der Waals surface area contributed by atoms with E-state index in [1.807, 2.05) is 16.7 Å². The Hall–Kier alpha value is -2.16. The highest BCUT2D eigenvalue weighted by Crippen LogP contribution is 2.44. The van der Waals surface area contributed by atoms with Gasteiger partial charge in [0, 0.05) is 27.4 Å². The molecule has 0 spiro atoms. The lowest BCUT2D eigenvalue weighted by atomic mass is 10.2. The molecule has 128 valence electrons. The van der Waals surface area contributed by atoms with E-state index in [1.54, 1.807) is 18.5 Å². The molecule has 0 atom stereocenters. The van der Waals surface area contributed by atoms with Gasteiger partial charge in [0.1, 0.15) is 5.82 Å². The third-order valence-electron chi connectivity index (χ3n) is 4.29. The van der Waals surface area contributed by atoms with Gasteiger partial charge in [-0.15, -0.1) is 0 Å². The molecule has 1 aromatic carbocycles. The van der Waals surface area contributed by atoms with E-state index in [0.29, 0.717) is 17.1 Å². The van der Waals surface area contributed by atoms with Crippen LogP contribution in [0, 0.1) is 9.39 Å². The molecule has 1 saturated carbocycles. The van der Waals surface area contributed by atoms with E-state index < -0.39 is 5.97 Å². The number of anilines is 2. The van der Waals surface area contributed by atoms with Crippen LogP contribution in [0.5, 0.6) is 0 Å². The molecular formula is C18H15FIN3O2. The van der Waals surface area contributed by atoms with Crippen LogP contribution in [0.15, 0.2) is 36.7 Å². The monoisotopic (exact) mass is 451 g/mol. The van der Waals surface area contributed by atoms with Crippen molar-refractivity contribution in [2.24, 2.45) is 0 Å². The molecule has 0 radical (unpaired) electrons. The van der Waals surface area contributed by atoms with Gasteiger partial charge < -0.3 is 14.6 Å². The van der Waals surface area contributed by atoms with Gasteiger partial charge >= 0.3 is 5.97 Å². The first kappa shape index (κ1) is 16.3. The number of halogens is 2. The fourth-order valence-electron chi connectivity index (χ4n) is 3.02. The van der Waals surface area contributed by atoms with Crippen molar-refractivity contribution in [3.05, 3.63) is 51.7 Å². The number of methoxy groups -OCH3 is 1. The minimum absolute atomic E-state index is 0.260. The lowest BCUT2D eigenvalue weighted by Crippen LogP contribution is -2.12. The number of fused-ring (bicyclic) bond motifs is 1. The molecule has 2 aromatic heterocycles. The molecule has 0 aliphatic heterocycles. The molecule has 25 heavy (non-hydrogen) atoms. The SMILES string of the molecule is COC(=O)c1c(Nc2ccc(I)cc2F)c2cnccc2n1C1CC1. The van der Waals surface area contributed by atoms with Crippen LogP contribution in [0.1, 0.15) is 29.4 Å². The fourth-order valence-corrected chi connectivity index (χ4v) is 3.47. The zero-order chi connectivity index (χ0) is 17.6. The predicted octanol–water partition coefficient (Wildman–Crippen LogP) is 4.65. The Morgan fingerprint density at radius 1 is 1.40 bits per heavy atom. The highest BCUT2D eigenvalue weighted by Gasteiger charge is 2.33. The Morgan fingerprint density at radius 3 is 2.88 bits per heavy atom. The lowest BCUT2D eigenvalue weighted by Gasteiger charge is -2.11. The summed E-state index contributed by atoms with van der Waals surface area (Å²) in [5, 5.41) is 3.86. The number of nitrogens with zero attached hydrogens (tertiary/aromatic N) is 2. The third kappa shape index (κ3) is 2.86. The first-order chi connectivity index (χ1) is 12.1. The van der Waals surface area contributed by atoms with Gasteiger partial charge in [-0.3, -0.25) is 4.98 Å². The molecule has 7 heteroatoms. The Labute approximate surface area is 157 Å². The lowest BCUT2D eigenvalue weighted by molar-refractivity contribution is 0.0590. The summed E-state index contributed by atoms with van der Waals surface area (Å²) in [4.78, 5) is 16.7. The minimum atomic E-state index is -0.448. The van der Waals surface area contributed by atoms with Crippen molar-refractivity contribution in [1.82, 2.24) is 9.55 Å². The average Bonchev–Trinajstić information content (AvgIpc) is 3.39. The number of hydrogen-bond acceptors (Lipinski definition) is 4. The Kier molecular flexibility index (Phi) is 4.10. The fraction of sp³-hybridized carbons (Fsp3) is 0.222. The number of ether oxygens (including phenoxy) is 1. The molecule has 4 rings (SSSR count). The number of benzene rings is 1. The first-order valence-electron chi connectivity index (χ1n) is 7.88. The van der Waals surface area contributed by atoms with Crippen molar-refractivity contribution in [3.63, 3.8) is 0 Å². The molecule has 3 aromatic rings. The molecule has 0 bridgehead atoms. The minimum Gasteiger partial charge on any atom is -0.464 e. The van der Waals surface area contributed by atoms with E-state index in [2.05, 4.69) is 32.9 Å². The summed E-state index contributed by atoms with van der Waals surface area (Å²) in [6.45, 7) is 0. The van der Waals surface area contributed by atoms with E-state index >= 15 is 0 Å². The van der Waals surface area contributed by atoms with Gasteiger partial charge in [0.2, 0.25) is 0 Å². The number of pyridine rings is 1. The number of carbonyl (C=O) groups excluding carboxylic acids is 1. The summed E-state index contributed by atoms with van der Waals surface area (Å²) in [7, 11) is 1.35. The van der Waals surface area contributed by atoms with Crippen molar-refractivity contribution in [3.8, 4) is 0 Å². The van der Waals surface area contributed by atoms with Crippen LogP contribution in [0.2, 0.25) is 0 Å². The van der Waals surface area contributed by atoms with Crippen molar-refractivity contribution in [2.75, 3.05) is 12.4 Å². The maximum Gasteiger partial charge on any atom is 0.356 e. The van der Waals surface area contributed by atoms with Gasteiger partial charge in [0.15, 0.2) is 5.69 Å². The van der Waals surface area contributed by atoms with E-state index in [0.717, 1.165) is 27.3 Å². The maximum absolute atomic E-state index is 14.3. The van der Waals surface area contributed by atoms with E-state index in [1.165, 1.54) is 13.2 Å². The van der Waals surface area contributed by atoms with Crippen LogP contribution < -0.4 is 5.32 Å². The van der Waals surface area contributed by atoms with Crippen molar-refractivity contribution < 1.29 is 13.9 Å². The van der Waals surface area contributed by atoms with Crippen LogP contribution in [-0.2, 0) is 4.74 Å². The predicted molar refractivity (Wildman–Crippen MR) is 102 cm³/mol. The summed E-state index contributed by atoms with van der Waals surface area (Å²) in [6, 6.07) is 7.04. The van der Waals surface area contributed by atoms with Gasteiger partial charge in [-0.1, -0.05) is 0 Å². The van der Waals surface area contributed by atoms with Crippen LogP contribution in [0.25, 0.3) is 10.9 Å². The van der Waals surface area contributed by atoms with Crippen LogP contribution in [0.4, 0.5) is 15.8 Å². The van der Waals surface area contributed by atoms with Crippen molar-refractivity contribution >= 4 is 50.8 Å².